The van der Waals surface area contributed by atoms with Crippen LogP contribution in [0.4, 0.5) is 5.69 Å². The Morgan fingerprint density at radius 3 is 2.42 bits per heavy atom. The maximum absolute atomic E-state index is 12.1. The Bertz CT molecular complexity index is 633. The van der Waals surface area contributed by atoms with Crippen molar-refractivity contribution >= 4 is 17.6 Å². The first kappa shape index (κ1) is 18.4. The van der Waals surface area contributed by atoms with Crippen molar-refractivity contribution in [2.75, 3.05) is 44.2 Å². The summed E-state index contributed by atoms with van der Waals surface area (Å²) in [6.45, 7) is 4.51. The maximum Gasteiger partial charge on any atom is 0.331 e. The molecule has 0 unspecified atom stereocenters. The SMILES string of the molecule is O=C=C(CC(=O)ON1CCN(c2ccncc2)CC1)NN1CCCCC1. The number of carbonyl (C=O) groups excluding carboxylic acids is 2. The van der Waals surface area contributed by atoms with E-state index in [9.17, 15) is 9.59 Å². The summed E-state index contributed by atoms with van der Waals surface area (Å²) in [6.07, 6.45) is 6.82. The molecule has 0 radical (unpaired) electrons. The zero-order valence-corrected chi connectivity index (χ0v) is 14.9. The number of anilines is 1. The molecule has 1 N–H and O–H groups in total. The third-order valence-electron chi connectivity index (χ3n) is 4.59. The number of rotatable bonds is 6. The van der Waals surface area contributed by atoms with E-state index in [0.717, 1.165) is 44.7 Å². The molecule has 8 nitrogen and oxygen atoms in total. The molecule has 2 fully saturated rings. The second kappa shape index (κ2) is 9.33. The predicted molar refractivity (Wildman–Crippen MR) is 96.5 cm³/mol. The summed E-state index contributed by atoms with van der Waals surface area (Å²) in [5, 5.41) is 3.62. The Labute approximate surface area is 153 Å². The van der Waals surface area contributed by atoms with Gasteiger partial charge < -0.3 is 15.2 Å². The van der Waals surface area contributed by atoms with E-state index in [1.165, 1.54) is 6.42 Å². The maximum atomic E-state index is 12.1. The second-order valence-corrected chi connectivity index (χ2v) is 6.50. The molecule has 8 heteroatoms. The monoisotopic (exact) mass is 359 g/mol. The number of piperidine rings is 1. The Morgan fingerprint density at radius 1 is 1.08 bits per heavy atom. The quantitative estimate of drug-likeness (QED) is 0.746. The van der Waals surface area contributed by atoms with Crippen LogP contribution in [-0.4, -0.2) is 66.2 Å². The molecule has 2 aliphatic heterocycles. The van der Waals surface area contributed by atoms with Crippen LogP contribution in [-0.2, 0) is 14.4 Å². The number of aromatic nitrogens is 1. The van der Waals surface area contributed by atoms with E-state index in [1.807, 2.05) is 23.1 Å². The van der Waals surface area contributed by atoms with Gasteiger partial charge in [-0.1, -0.05) is 6.42 Å². The molecule has 0 aromatic carbocycles. The van der Waals surface area contributed by atoms with Crippen molar-refractivity contribution in [3.05, 3.63) is 30.2 Å². The molecule has 0 bridgehead atoms. The van der Waals surface area contributed by atoms with Crippen LogP contribution >= 0.6 is 0 Å². The highest BCUT2D eigenvalue weighted by Gasteiger charge is 2.22. The third kappa shape index (κ3) is 5.29. The molecule has 1 aromatic rings. The minimum absolute atomic E-state index is 0.0927. The zero-order chi connectivity index (χ0) is 18.2. The van der Waals surface area contributed by atoms with Crippen LogP contribution in [0.15, 0.2) is 30.2 Å². The largest absolute Gasteiger partial charge is 0.369 e. The van der Waals surface area contributed by atoms with Crippen LogP contribution in [0.1, 0.15) is 25.7 Å². The molecule has 3 heterocycles. The van der Waals surface area contributed by atoms with Crippen LogP contribution in [0.3, 0.4) is 0 Å². The summed E-state index contributed by atoms with van der Waals surface area (Å²) in [5.74, 6) is 1.39. The first-order valence-electron chi connectivity index (χ1n) is 9.11. The summed E-state index contributed by atoms with van der Waals surface area (Å²) in [7, 11) is 0. The Hall–Kier alpha value is -2.41. The minimum Gasteiger partial charge on any atom is -0.369 e. The normalized spacial score (nSPS) is 18.8. The number of piperazine rings is 1. The van der Waals surface area contributed by atoms with E-state index >= 15 is 0 Å². The van der Waals surface area contributed by atoms with Crippen LogP contribution in [0.25, 0.3) is 0 Å². The van der Waals surface area contributed by atoms with Crippen molar-refractivity contribution in [1.29, 1.82) is 0 Å². The molecule has 26 heavy (non-hydrogen) atoms. The number of nitrogens with one attached hydrogen (secondary N) is 1. The van der Waals surface area contributed by atoms with Crippen LogP contribution in [0.2, 0.25) is 0 Å². The Balaban J connectivity index is 1.41. The van der Waals surface area contributed by atoms with Crippen LogP contribution in [0, 0.1) is 0 Å². The average Bonchev–Trinajstić information content (AvgIpc) is 2.69. The molecule has 0 atom stereocenters. The van der Waals surface area contributed by atoms with Crippen LogP contribution < -0.4 is 10.3 Å². The molecule has 0 spiro atoms. The fraction of sp³-hybridized carbons (Fsp3) is 0.556. The molecular formula is C18H25N5O3. The number of nitrogens with zero attached hydrogens (tertiary/aromatic N) is 4. The fourth-order valence-corrected chi connectivity index (χ4v) is 3.21. The highest BCUT2D eigenvalue weighted by Crippen LogP contribution is 2.15. The van der Waals surface area contributed by atoms with Crippen molar-refractivity contribution in [3.63, 3.8) is 0 Å². The van der Waals surface area contributed by atoms with Gasteiger partial charge in [0.1, 0.15) is 11.6 Å². The van der Waals surface area contributed by atoms with Crippen molar-refractivity contribution in [1.82, 2.24) is 20.5 Å². The smallest absolute Gasteiger partial charge is 0.331 e. The predicted octanol–water partition coefficient (Wildman–Crippen LogP) is 0.758. The van der Waals surface area contributed by atoms with Gasteiger partial charge in [-0.05, 0) is 25.0 Å². The van der Waals surface area contributed by atoms with Gasteiger partial charge in [-0.15, -0.1) is 5.06 Å². The van der Waals surface area contributed by atoms with Gasteiger partial charge in [-0.25, -0.2) is 14.6 Å². The number of hydrazine groups is 1. The van der Waals surface area contributed by atoms with Crippen molar-refractivity contribution < 1.29 is 14.4 Å². The first-order chi connectivity index (χ1) is 12.7. The van der Waals surface area contributed by atoms with Gasteiger partial charge in [0.05, 0.1) is 19.5 Å². The van der Waals surface area contributed by atoms with Crippen LogP contribution in [0.5, 0.6) is 0 Å². The Morgan fingerprint density at radius 2 is 1.77 bits per heavy atom. The van der Waals surface area contributed by atoms with E-state index in [4.69, 9.17) is 4.84 Å². The number of pyridine rings is 1. The lowest BCUT2D eigenvalue weighted by Gasteiger charge is -2.34. The summed E-state index contributed by atoms with van der Waals surface area (Å²) >= 11 is 0. The molecule has 0 amide bonds. The van der Waals surface area contributed by atoms with Gasteiger partial charge >= 0.3 is 5.97 Å². The molecular weight excluding hydrogens is 334 g/mol. The lowest BCUT2D eigenvalue weighted by Crippen LogP contribution is -2.47. The second-order valence-electron chi connectivity index (χ2n) is 6.50. The summed E-state index contributed by atoms with van der Waals surface area (Å²) in [4.78, 5) is 34.9. The first-order valence-corrected chi connectivity index (χ1v) is 9.11. The highest BCUT2D eigenvalue weighted by molar-refractivity contribution is 5.75. The van der Waals surface area contributed by atoms with Gasteiger partial charge in [0, 0.05) is 44.3 Å². The van der Waals surface area contributed by atoms with Gasteiger partial charge in [0.15, 0.2) is 0 Å². The number of hydrogen-bond acceptors (Lipinski definition) is 8. The van der Waals surface area contributed by atoms with E-state index in [0.29, 0.717) is 13.1 Å². The van der Waals surface area contributed by atoms with Crippen molar-refractivity contribution in [2.24, 2.45) is 0 Å². The van der Waals surface area contributed by atoms with Gasteiger partial charge in [-0.2, -0.15) is 0 Å². The number of hydroxylamine groups is 2. The molecule has 2 aliphatic rings. The molecule has 140 valence electrons. The molecule has 1 aromatic heterocycles. The number of carbonyl (C=O) groups is 1. The number of hydrogen-bond donors (Lipinski definition) is 1. The summed E-state index contributed by atoms with van der Waals surface area (Å²) < 4.78 is 0. The lowest BCUT2D eigenvalue weighted by molar-refractivity contribution is -0.191. The molecule has 2 saturated heterocycles. The summed E-state index contributed by atoms with van der Waals surface area (Å²) in [6, 6.07) is 3.93. The zero-order valence-electron chi connectivity index (χ0n) is 14.9. The van der Waals surface area contributed by atoms with E-state index in [-0.39, 0.29) is 12.1 Å². The highest BCUT2D eigenvalue weighted by atomic mass is 16.7. The Kier molecular flexibility index (Phi) is 6.60. The summed E-state index contributed by atoms with van der Waals surface area (Å²) in [5.41, 5.74) is 4.34. The van der Waals surface area contributed by atoms with Crippen molar-refractivity contribution in [3.8, 4) is 0 Å². The van der Waals surface area contributed by atoms with Gasteiger partial charge in [-0.3, -0.25) is 4.98 Å². The third-order valence-corrected chi connectivity index (χ3v) is 4.59. The van der Waals surface area contributed by atoms with Gasteiger partial charge in [0.25, 0.3) is 0 Å². The standard InChI is InChI=1S/C18H25N5O3/c24-15-16(20-22-8-2-1-3-9-22)14-18(25)26-23-12-10-21(11-13-23)17-4-6-19-7-5-17/h4-7,20H,1-3,8-14H2. The average molecular weight is 359 g/mol. The van der Waals surface area contributed by atoms with E-state index in [2.05, 4.69) is 15.3 Å². The van der Waals surface area contributed by atoms with Crippen molar-refractivity contribution in [2.45, 2.75) is 25.7 Å². The minimum atomic E-state index is -0.440. The fourth-order valence-electron chi connectivity index (χ4n) is 3.21. The van der Waals surface area contributed by atoms with E-state index in [1.54, 1.807) is 17.5 Å². The molecule has 0 aliphatic carbocycles. The van der Waals surface area contributed by atoms with E-state index < -0.39 is 5.97 Å². The topological polar surface area (TPSA) is 78.0 Å². The molecule has 0 saturated carbocycles. The lowest BCUT2D eigenvalue weighted by atomic mass is 10.2. The van der Waals surface area contributed by atoms with Gasteiger partial charge in [0.2, 0.25) is 0 Å². The molecule has 3 rings (SSSR count).